The molecule has 9 heteroatoms. The van der Waals surface area contributed by atoms with Gasteiger partial charge in [-0.15, -0.1) is 0 Å². The molecule has 2 aromatic heterocycles. The van der Waals surface area contributed by atoms with Crippen LogP contribution in [0.4, 0.5) is 4.79 Å². The van der Waals surface area contributed by atoms with E-state index in [9.17, 15) is 4.79 Å². The van der Waals surface area contributed by atoms with E-state index in [1.54, 1.807) is 28.2 Å². The van der Waals surface area contributed by atoms with Crippen LogP contribution in [0.1, 0.15) is 44.6 Å². The molecule has 1 aliphatic rings. The first-order valence-electron chi connectivity index (χ1n) is 8.78. The molecule has 1 saturated heterocycles. The van der Waals surface area contributed by atoms with Gasteiger partial charge in [-0.25, -0.2) is 19.7 Å². The molecule has 2 N–H and O–H groups in total. The molecular weight excluding hydrogens is 364 g/mol. The van der Waals surface area contributed by atoms with Crippen LogP contribution in [0.15, 0.2) is 24.8 Å². The summed E-state index contributed by atoms with van der Waals surface area (Å²) in [7, 11) is 0. The Labute approximate surface area is 163 Å². The zero-order chi connectivity index (χ0) is 19.8. The van der Waals surface area contributed by atoms with E-state index in [1.807, 2.05) is 33.8 Å². The van der Waals surface area contributed by atoms with Gasteiger partial charge in [-0.05, 0) is 40.2 Å². The van der Waals surface area contributed by atoms with Gasteiger partial charge in [0.2, 0.25) is 5.95 Å². The first kappa shape index (κ1) is 19.2. The highest BCUT2D eigenvalue weighted by Crippen LogP contribution is 2.38. The quantitative estimate of drug-likeness (QED) is 0.807. The summed E-state index contributed by atoms with van der Waals surface area (Å²) < 4.78 is 7.30. The average molecular weight is 388 g/mol. The number of hydrogen-bond acceptors (Lipinski definition) is 6. The molecule has 3 heterocycles. The molecule has 0 aromatic carbocycles. The number of carbonyl (C=O) groups excluding carboxylic acids is 1. The molecule has 0 aliphatic carbocycles. The van der Waals surface area contributed by atoms with E-state index in [0.29, 0.717) is 29.6 Å². The van der Waals surface area contributed by atoms with Crippen LogP contribution >= 0.6 is 12.2 Å². The average Bonchev–Trinajstić information content (AvgIpc) is 3.22. The molecule has 1 fully saturated rings. The van der Waals surface area contributed by atoms with Gasteiger partial charge in [0.1, 0.15) is 11.9 Å². The first-order chi connectivity index (χ1) is 12.7. The summed E-state index contributed by atoms with van der Waals surface area (Å²) in [6, 6.07) is 1.47. The van der Waals surface area contributed by atoms with Crippen molar-refractivity contribution in [1.29, 1.82) is 0 Å². The van der Waals surface area contributed by atoms with Crippen LogP contribution in [0.25, 0.3) is 5.95 Å². The molecule has 8 nitrogen and oxygen atoms in total. The van der Waals surface area contributed by atoms with Crippen molar-refractivity contribution in [2.75, 3.05) is 6.54 Å². The Bertz CT molecular complexity index is 846. The van der Waals surface area contributed by atoms with Crippen molar-refractivity contribution in [3.63, 3.8) is 0 Å². The molecular formula is C18H24N6O2S. The van der Waals surface area contributed by atoms with E-state index in [2.05, 4.69) is 15.0 Å². The highest BCUT2D eigenvalue weighted by atomic mass is 32.1. The van der Waals surface area contributed by atoms with Gasteiger partial charge in [-0.2, -0.15) is 0 Å². The number of nitrogens with zero attached hydrogens (tertiary/aromatic N) is 5. The molecule has 0 spiro atoms. The summed E-state index contributed by atoms with van der Waals surface area (Å²) in [6.07, 6.45) is 5.33. The third-order valence-electron chi connectivity index (χ3n) is 4.29. The molecule has 1 amide bonds. The lowest BCUT2D eigenvalue weighted by Gasteiger charge is -2.30. The second kappa shape index (κ2) is 7.22. The maximum Gasteiger partial charge on any atom is 0.410 e. The Balaban J connectivity index is 2.01. The fourth-order valence-electron chi connectivity index (χ4n) is 3.20. The van der Waals surface area contributed by atoms with Crippen LogP contribution in [0.3, 0.4) is 0 Å². The summed E-state index contributed by atoms with van der Waals surface area (Å²) in [5.41, 5.74) is 6.86. The molecule has 2 atom stereocenters. The van der Waals surface area contributed by atoms with Crippen molar-refractivity contribution in [3.05, 3.63) is 36.2 Å². The Morgan fingerprint density at radius 1 is 1.37 bits per heavy atom. The third kappa shape index (κ3) is 4.24. The van der Waals surface area contributed by atoms with Gasteiger partial charge in [0.25, 0.3) is 0 Å². The van der Waals surface area contributed by atoms with Gasteiger partial charge in [0, 0.05) is 30.6 Å². The number of ether oxygens (including phenoxy) is 1. The zero-order valence-corrected chi connectivity index (χ0v) is 16.7. The maximum atomic E-state index is 12.8. The van der Waals surface area contributed by atoms with Gasteiger partial charge >= 0.3 is 6.09 Å². The predicted molar refractivity (Wildman–Crippen MR) is 104 cm³/mol. The number of rotatable bonds is 3. The van der Waals surface area contributed by atoms with Crippen molar-refractivity contribution in [1.82, 2.24) is 24.4 Å². The molecule has 144 valence electrons. The second-order valence-electron chi connectivity index (χ2n) is 7.62. The van der Waals surface area contributed by atoms with E-state index >= 15 is 0 Å². The first-order valence-corrected chi connectivity index (χ1v) is 9.19. The monoisotopic (exact) mass is 388 g/mol. The van der Waals surface area contributed by atoms with Crippen LogP contribution in [0, 0.1) is 12.8 Å². The minimum atomic E-state index is -0.591. The van der Waals surface area contributed by atoms with Gasteiger partial charge in [0.15, 0.2) is 0 Å². The van der Waals surface area contributed by atoms with Crippen LogP contribution in [-0.4, -0.2) is 47.6 Å². The van der Waals surface area contributed by atoms with Crippen LogP contribution in [0.2, 0.25) is 0 Å². The molecule has 0 bridgehead atoms. The highest BCUT2D eigenvalue weighted by Gasteiger charge is 2.42. The summed E-state index contributed by atoms with van der Waals surface area (Å²) >= 11 is 5.27. The number of thiocarbonyl (C=S) groups is 1. The Morgan fingerprint density at radius 2 is 2.11 bits per heavy atom. The SMILES string of the molecule is Cc1cc([C@H]2[C@H](C(N)=S)CCN2C(=O)OC(C)(C)C)nc(-n2ccnc2)n1. The number of hydrogen-bond donors (Lipinski definition) is 1. The molecule has 27 heavy (non-hydrogen) atoms. The topological polar surface area (TPSA) is 99.2 Å². The molecule has 1 aliphatic heterocycles. The van der Waals surface area contributed by atoms with Gasteiger partial charge in [-0.3, -0.25) is 9.47 Å². The van der Waals surface area contributed by atoms with Crippen molar-refractivity contribution in [2.45, 2.75) is 45.8 Å². The van der Waals surface area contributed by atoms with Gasteiger partial charge in [0.05, 0.1) is 16.7 Å². The van der Waals surface area contributed by atoms with Crippen LogP contribution < -0.4 is 5.73 Å². The maximum absolute atomic E-state index is 12.8. The molecule has 0 radical (unpaired) electrons. The minimum absolute atomic E-state index is 0.169. The number of likely N-dealkylation sites (tertiary alicyclic amines) is 1. The normalized spacial score (nSPS) is 19.9. The van der Waals surface area contributed by atoms with Crippen molar-refractivity contribution in [3.8, 4) is 5.95 Å². The molecule has 3 rings (SSSR count). The second-order valence-corrected chi connectivity index (χ2v) is 8.09. The number of imidazole rings is 1. The van der Waals surface area contributed by atoms with Crippen LogP contribution in [-0.2, 0) is 4.74 Å². The Morgan fingerprint density at radius 3 is 2.70 bits per heavy atom. The Hall–Kier alpha value is -2.55. The van der Waals surface area contributed by atoms with E-state index in [1.165, 1.54) is 0 Å². The number of nitrogens with two attached hydrogens (primary N) is 1. The number of carbonyl (C=O) groups is 1. The van der Waals surface area contributed by atoms with Crippen molar-refractivity contribution < 1.29 is 9.53 Å². The minimum Gasteiger partial charge on any atom is -0.444 e. The largest absolute Gasteiger partial charge is 0.444 e. The summed E-state index contributed by atoms with van der Waals surface area (Å²) in [5, 5.41) is 0. The lowest BCUT2D eigenvalue weighted by atomic mass is 9.97. The summed E-state index contributed by atoms with van der Waals surface area (Å²) in [5.74, 6) is 0.317. The van der Waals surface area contributed by atoms with E-state index in [0.717, 1.165) is 5.69 Å². The summed E-state index contributed by atoms with van der Waals surface area (Å²) in [4.78, 5) is 28.0. The fraction of sp³-hybridized carbons (Fsp3) is 0.500. The predicted octanol–water partition coefficient (Wildman–Crippen LogP) is 2.55. The van der Waals surface area contributed by atoms with Crippen molar-refractivity contribution >= 4 is 23.3 Å². The lowest BCUT2D eigenvalue weighted by molar-refractivity contribution is 0.0212. The molecule has 0 unspecified atom stereocenters. The van der Waals surface area contributed by atoms with E-state index < -0.39 is 11.7 Å². The summed E-state index contributed by atoms with van der Waals surface area (Å²) in [6.45, 7) is 7.91. The Kier molecular flexibility index (Phi) is 5.14. The smallest absolute Gasteiger partial charge is 0.410 e. The van der Waals surface area contributed by atoms with E-state index in [4.69, 9.17) is 22.7 Å². The van der Waals surface area contributed by atoms with Crippen LogP contribution in [0.5, 0.6) is 0 Å². The molecule has 0 saturated carbocycles. The lowest BCUT2D eigenvalue weighted by Crippen LogP contribution is -2.39. The number of aromatic nitrogens is 4. The highest BCUT2D eigenvalue weighted by molar-refractivity contribution is 7.80. The van der Waals surface area contributed by atoms with Crippen molar-refractivity contribution in [2.24, 2.45) is 11.7 Å². The van der Waals surface area contributed by atoms with Gasteiger partial charge < -0.3 is 10.5 Å². The standard InChI is InChI=1S/C18H24N6O2S/c1-11-9-13(22-16(21-11)23-8-6-20-10-23)14-12(15(19)27)5-7-24(14)17(25)26-18(2,3)4/h6,8-10,12,14H,5,7H2,1-4H3,(H2,19,27)/t12-,14-/m1/s1. The number of aryl methyl sites for hydroxylation is 1. The number of amides is 1. The van der Waals surface area contributed by atoms with E-state index in [-0.39, 0.29) is 12.0 Å². The fourth-order valence-corrected chi connectivity index (χ4v) is 3.45. The van der Waals surface area contributed by atoms with Gasteiger partial charge in [-0.1, -0.05) is 12.2 Å². The zero-order valence-electron chi connectivity index (χ0n) is 15.9. The third-order valence-corrected chi connectivity index (χ3v) is 4.59. The molecule has 2 aromatic rings.